The summed E-state index contributed by atoms with van der Waals surface area (Å²) in [5.74, 6) is 1.60. The van der Waals surface area contributed by atoms with Gasteiger partial charge in [-0.2, -0.15) is 0 Å². The van der Waals surface area contributed by atoms with Crippen molar-refractivity contribution in [2.24, 2.45) is 15.7 Å². The topological polar surface area (TPSA) is 239 Å². The standard InChI is InChI=1S/C22H24ClN5O2S.C19H17ClN4O2S.C10H21NO3.ClH/c1-12-13(2)31-22-19(12)20(15-4-6-16(23)7-5-15)25-18(10-17(29)11-30-9-8-24)21-27-26-14(3)28(21)22;1-9-10(2)27-19-16(9)17(12-4-6-13(20)7-5-12)21-14(8-15(25)26)18-23-22-11(3)24(18)19;1-10(2,3)14-9(12)5-4-7-13-8-6-11;/h4-7,18H,8-11,24H2,1-3H3;4-7,14H,8H2,1-3H3,(H,25,26);4-8,11H2,1-3H3;1H/t18-;14-;;/m00../s1. The Balaban J connectivity index is 0.000000216. The van der Waals surface area contributed by atoms with Crippen molar-refractivity contribution in [2.75, 3.05) is 39.5 Å². The lowest BCUT2D eigenvalue weighted by Gasteiger charge is -2.19. The first-order chi connectivity index (χ1) is 34.2. The number of esters is 1. The molecule has 6 heterocycles. The van der Waals surface area contributed by atoms with E-state index < -0.39 is 23.7 Å². The van der Waals surface area contributed by atoms with Gasteiger partial charge in [0.25, 0.3) is 0 Å². The molecule has 0 saturated carbocycles. The predicted octanol–water partition coefficient (Wildman–Crippen LogP) is 5.38. The molecule has 73 heavy (non-hydrogen) atoms. The third-order valence-corrected chi connectivity index (χ3v) is 14.3. The predicted molar refractivity (Wildman–Crippen MR) is 282 cm³/mol. The molecule has 0 aliphatic carbocycles. The van der Waals surface area contributed by atoms with Gasteiger partial charge in [-0.3, -0.25) is 33.5 Å². The number of hydrogen-bond acceptors (Lipinski definition) is 15. The van der Waals surface area contributed by atoms with Crippen LogP contribution in [0.1, 0.15) is 125 Å². The van der Waals surface area contributed by atoms with Gasteiger partial charge in [0.05, 0.1) is 37.6 Å². The number of halogens is 3. The maximum atomic E-state index is 12.6. The molecule has 0 spiro atoms. The minimum Gasteiger partial charge on any atom is -1.00 e. The van der Waals surface area contributed by atoms with E-state index in [4.69, 9.17) is 53.1 Å². The number of hydrogen-bond donors (Lipinski definition) is 3. The third-order valence-electron chi connectivity index (χ3n) is 11.4. The molecule has 6 N–H and O–H groups in total. The van der Waals surface area contributed by atoms with Crippen molar-refractivity contribution in [1.82, 2.24) is 29.5 Å². The number of aliphatic imine (C=N–C) groups is 2. The number of ether oxygens (including phenoxy) is 3. The lowest BCUT2D eigenvalue weighted by atomic mass is 9.99. The summed E-state index contributed by atoms with van der Waals surface area (Å²) in [7, 11) is 0. The Labute approximate surface area is 449 Å². The number of aryl methyl sites for hydroxylation is 4. The van der Waals surface area contributed by atoms with E-state index in [0.29, 0.717) is 67.4 Å². The summed E-state index contributed by atoms with van der Waals surface area (Å²) in [5, 5.41) is 29.9. The van der Waals surface area contributed by atoms with E-state index in [9.17, 15) is 19.5 Å². The number of ketones is 1. The van der Waals surface area contributed by atoms with Crippen molar-refractivity contribution in [2.45, 2.75) is 106 Å². The second kappa shape index (κ2) is 26.3. The second-order valence-electron chi connectivity index (χ2n) is 18.1. The highest BCUT2D eigenvalue weighted by Crippen LogP contribution is 2.41. The number of nitrogens with zero attached hydrogens (tertiary/aromatic N) is 8. The lowest BCUT2D eigenvalue weighted by molar-refractivity contribution is -0.373. The van der Waals surface area contributed by atoms with Gasteiger partial charge >= 0.3 is 11.9 Å². The minimum atomic E-state index is -0.926. The molecule has 0 saturated heterocycles. The molecule has 0 radical (unpaired) electrons. The van der Waals surface area contributed by atoms with Crippen LogP contribution in [0.4, 0.5) is 0 Å². The summed E-state index contributed by atoms with van der Waals surface area (Å²) in [6, 6.07) is 14.0. The first kappa shape index (κ1) is 58.7. The number of fused-ring (bicyclic) bond motifs is 6. The molecule has 2 aliphatic heterocycles. The van der Waals surface area contributed by atoms with E-state index in [0.717, 1.165) is 60.9 Å². The third kappa shape index (κ3) is 14.8. The van der Waals surface area contributed by atoms with Gasteiger partial charge in [-0.1, -0.05) is 47.5 Å². The summed E-state index contributed by atoms with van der Waals surface area (Å²) >= 11 is 15.5. The summed E-state index contributed by atoms with van der Waals surface area (Å²) in [6.07, 6.45) is 1.14. The number of carboxylic acids is 1. The monoisotopic (exact) mass is 1100 g/mol. The molecular weight excluding hydrogens is 1040 g/mol. The van der Waals surface area contributed by atoms with Gasteiger partial charge in [0.2, 0.25) is 0 Å². The van der Waals surface area contributed by atoms with Gasteiger partial charge in [0.15, 0.2) is 17.4 Å². The average molecular weight is 1100 g/mol. The first-order valence-corrected chi connectivity index (χ1v) is 25.9. The summed E-state index contributed by atoms with van der Waals surface area (Å²) in [4.78, 5) is 47.6. The number of carboxylic acid groups (broad SMARTS) is 1. The Hall–Kier alpha value is -5.22. The normalized spacial score (nSPS) is 14.5. The molecule has 2 aliphatic rings. The highest BCUT2D eigenvalue weighted by molar-refractivity contribution is 7.15. The zero-order valence-corrected chi connectivity index (χ0v) is 46.5. The lowest BCUT2D eigenvalue weighted by Crippen LogP contribution is -3.00. The fourth-order valence-corrected chi connectivity index (χ4v) is 10.6. The van der Waals surface area contributed by atoms with Gasteiger partial charge in [0.1, 0.15) is 45.9 Å². The maximum Gasteiger partial charge on any atom is 0.306 e. The second-order valence-corrected chi connectivity index (χ2v) is 21.4. The molecule has 0 bridgehead atoms. The number of aliphatic carboxylic acids is 1. The van der Waals surface area contributed by atoms with Crippen molar-refractivity contribution in [3.05, 3.63) is 125 Å². The van der Waals surface area contributed by atoms with E-state index in [1.54, 1.807) is 22.7 Å². The Morgan fingerprint density at radius 3 is 1.60 bits per heavy atom. The van der Waals surface area contributed by atoms with E-state index in [2.05, 4.69) is 53.8 Å². The average Bonchev–Trinajstić information content (AvgIpc) is 4.01. The number of Topliss-reactive ketones (excluding diaryl/α,β-unsaturated/α-hetero) is 1. The number of carbonyl (C=O) groups is 3. The SMILES string of the molecule is CC(C)(C)OC(=O)CCCOCCN.Cc1sc2c(c1C)C(c1ccc(Cl)cc1)=N[C@@H](CC(=O)COCC[NH3+])c1nnc(C)n1-2.Cc1sc2c(c1C)C(c1ccc(Cl)cc1)=N[C@@H](CC(=O)O)c1nnc(C)n1-2.[Cl-]. The molecule has 2 aromatic carbocycles. The Morgan fingerprint density at radius 1 is 0.712 bits per heavy atom. The van der Waals surface area contributed by atoms with Crippen LogP contribution in [-0.4, -0.2) is 109 Å². The minimum absolute atomic E-state index is 0. The van der Waals surface area contributed by atoms with E-state index in [1.807, 2.05) is 92.3 Å². The molecule has 4 aromatic heterocycles. The van der Waals surface area contributed by atoms with E-state index in [-0.39, 0.29) is 43.6 Å². The zero-order chi connectivity index (χ0) is 52.4. The number of carbonyl (C=O) groups excluding carboxylic acids is 2. The largest absolute Gasteiger partial charge is 1.00 e. The van der Waals surface area contributed by atoms with Crippen molar-refractivity contribution < 1.29 is 51.8 Å². The van der Waals surface area contributed by atoms with Gasteiger partial charge in [0, 0.05) is 68.0 Å². The van der Waals surface area contributed by atoms with E-state index >= 15 is 0 Å². The van der Waals surface area contributed by atoms with Gasteiger partial charge in [-0.05, 0) is 104 Å². The number of aromatic nitrogens is 6. The van der Waals surface area contributed by atoms with Crippen LogP contribution in [0.25, 0.3) is 10.0 Å². The van der Waals surface area contributed by atoms with Crippen molar-refractivity contribution in [1.29, 1.82) is 0 Å². The molecule has 17 nitrogen and oxygen atoms in total. The van der Waals surface area contributed by atoms with Gasteiger partial charge in [-0.15, -0.1) is 43.1 Å². The highest BCUT2D eigenvalue weighted by atomic mass is 35.5. The summed E-state index contributed by atoms with van der Waals surface area (Å²) in [5.41, 5.74) is 16.4. The fourth-order valence-electron chi connectivity index (χ4n) is 7.89. The molecule has 392 valence electrons. The van der Waals surface area contributed by atoms with Gasteiger partial charge in [-0.25, -0.2) is 0 Å². The Morgan fingerprint density at radius 2 is 1.18 bits per heavy atom. The van der Waals surface area contributed by atoms with E-state index in [1.165, 1.54) is 15.3 Å². The van der Waals surface area contributed by atoms with Crippen LogP contribution in [0.5, 0.6) is 0 Å². The van der Waals surface area contributed by atoms with Crippen LogP contribution in [-0.2, 0) is 28.6 Å². The maximum absolute atomic E-state index is 12.6. The molecule has 8 rings (SSSR count). The van der Waals surface area contributed by atoms with Crippen molar-refractivity contribution in [3.63, 3.8) is 0 Å². The van der Waals surface area contributed by atoms with Crippen LogP contribution >= 0.6 is 45.9 Å². The molecule has 6 aromatic rings. The van der Waals surface area contributed by atoms with Crippen LogP contribution in [0.3, 0.4) is 0 Å². The van der Waals surface area contributed by atoms with Crippen molar-refractivity contribution >= 4 is 75.0 Å². The number of thiophene rings is 2. The Bertz CT molecular complexity index is 2940. The molecule has 0 unspecified atom stereocenters. The molecular formula is C51H63Cl3N10O7S2. The van der Waals surface area contributed by atoms with Crippen LogP contribution < -0.4 is 23.9 Å². The smallest absolute Gasteiger partial charge is 0.306 e. The van der Waals surface area contributed by atoms with Crippen LogP contribution in [0.15, 0.2) is 58.5 Å². The number of quaternary nitrogens is 1. The highest BCUT2D eigenvalue weighted by Gasteiger charge is 2.34. The molecule has 0 amide bonds. The van der Waals surface area contributed by atoms with Gasteiger partial charge < -0.3 is 43.2 Å². The number of nitrogens with two attached hydrogens (primary N) is 1. The quantitative estimate of drug-likeness (QED) is 0.0819. The summed E-state index contributed by atoms with van der Waals surface area (Å²) in [6.45, 7) is 20.5. The number of benzene rings is 2. The fraction of sp³-hybridized carbons (Fsp3) is 0.431. The van der Waals surface area contributed by atoms with Crippen LogP contribution in [0, 0.1) is 41.5 Å². The number of rotatable bonds is 16. The Kier molecular flexibility index (Phi) is 21.2. The van der Waals surface area contributed by atoms with Crippen molar-refractivity contribution in [3.8, 4) is 10.0 Å². The summed E-state index contributed by atoms with van der Waals surface area (Å²) < 4.78 is 19.6. The first-order valence-electron chi connectivity index (χ1n) is 23.6. The zero-order valence-electron chi connectivity index (χ0n) is 42.6. The van der Waals surface area contributed by atoms with Crippen LogP contribution in [0.2, 0.25) is 10.0 Å². The molecule has 0 fully saturated rings. The molecule has 22 heteroatoms. The molecule has 2 atom stereocenters.